The Labute approximate surface area is 69.3 Å². The Balaban J connectivity index is 4.36. The lowest BCUT2D eigenvalue weighted by Gasteiger charge is -2.09. The molecule has 0 amide bonds. The Morgan fingerprint density at radius 2 is 1.82 bits per heavy atom. The second-order valence-corrected chi connectivity index (χ2v) is 3.08. The van der Waals surface area contributed by atoms with Crippen LogP contribution in [0, 0.1) is 5.92 Å². The molecule has 2 N–H and O–H groups in total. The van der Waals surface area contributed by atoms with Gasteiger partial charge in [-0.15, -0.1) is 0 Å². The normalized spacial score (nSPS) is 11.8. The average Bonchev–Trinajstić information content (AvgIpc) is 1.84. The van der Waals surface area contributed by atoms with Gasteiger partial charge in [0.15, 0.2) is 0 Å². The van der Waals surface area contributed by atoms with Crippen molar-refractivity contribution in [1.29, 1.82) is 0 Å². The molecule has 0 spiro atoms. The maximum atomic E-state index is 5.42. The molecular weight excluding hydrogens is 134 g/mol. The fourth-order valence-corrected chi connectivity index (χ4v) is 0.826. The largest absolute Gasteiger partial charge is 0.399 e. The Bertz CT molecular complexity index is 197. The van der Waals surface area contributed by atoms with Crippen molar-refractivity contribution < 1.29 is 0 Å². The molecular formula is C10H17N. The first-order chi connectivity index (χ1) is 4.95. The zero-order chi connectivity index (χ0) is 9.02. The molecule has 0 radical (unpaired) electrons. The van der Waals surface area contributed by atoms with E-state index in [2.05, 4.69) is 27.0 Å². The smallest absolute Gasteiger partial charge is 0.0243 e. The van der Waals surface area contributed by atoms with Crippen LogP contribution >= 0.6 is 0 Å². The van der Waals surface area contributed by atoms with E-state index >= 15 is 0 Å². The number of allylic oxidation sites excluding steroid dienone is 3. The molecule has 0 heterocycles. The van der Waals surface area contributed by atoms with E-state index in [1.807, 2.05) is 13.0 Å². The highest BCUT2D eigenvalue weighted by Crippen LogP contribution is 2.16. The summed E-state index contributed by atoms with van der Waals surface area (Å²) in [6, 6.07) is 0. The van der Waals surface area contributed by atoms with Crippen LogP contribution in [0.2, 0.25) is 0 Å². The van der Waals surface area contributed by atoms with Crippen molar-refractivity contribution in [1.82, 2.24) is 0 Å². The van der Waals surface area contributed by atoms with Gasteiger partial charge in [-0.2, -0.15) is 0 Å². The highest BCUT2D eigenvalue weighted by Gasteiger charge is 2.01. The molecule has 0 aliphatic rings. The monoisotopic (exact) mass is 151 g/mol. The van der Waals surface area contributed by atoms with Gasteiger partial charge in [-0.25, -0.2) is 0 Å². The van der Waals surface area contributed by atoms with Crippen LogP contribution in [0.3, 0.4) is 0 Å². The van der Waals surface area contributed by atoms with Gasteiger partial charge >= 0.3 is 0 Å². The lowest BCUT2D eigenvalue weighted by Crippen LogP contribution is -1.97. The maximum Gasteiger partial charge on any atom is 0.0243 e. The summed E-state index contributed by atoms with van der Waals surface area (Å²) < 4.78 is 0. The molecule has 1 nitrogen and oxygen atoms in total. The Morgan fingerprint density at radius 1 is 1.36 bits per heavy atom. The van der Waals surface area contributed by atoms with Crippen molar-refractivity contribution in [3.63, 3.8) is 0 Å². The van der Waals surface area contributed by atoms with Gasteiger partial charge in [-0.3, -0.25) is 0 Å². The molecule has 0 aliphatic heterocycles. The molecule has 11 heavy (non-hydrogen) atoms. The zero-order valence-electron chi connectivity index (χ0n) is 7.65. The van der Waals surface area contributed by atoms with Crippen LogP contribution in [0.5, 0.6) is 0 Å². The molecule has 0 unspecified atom stereocenters. The SMILES string of the molecule is C=C(N)C=C(C)C(=C)C(C)C. The first-order valence-corrected chi connectivity index (χ1v) is 3.77. The lowest BCUT2D eigenvalue weighted by atomic mass is 9.98. The average molecular weight is 151 g/mol. The zero-order valence-corrected chi connectivity index (χ0v) is 7.65. The van der Waals surface area contributed by atoms with E-state index in [9.17, 15) is 0 Å². The first-order valence-electron chi connectivity index (χ1n) is 3.77. The molecule has 0 aromatic rings. The van der Waals surface area contributed by atoms with Crippen LogP contribution in [0.1, 0.15) is 20.8 Å². The van der Waals surface area contributed by atoms with Gasteiger partial charge in [0.1, 0.15) is 0 Å². The summed E-state index contributed by atoms with van der Waals surface area (Å²) in [5.41, 5.74) is 8.25. The van der Waals surface area contributed by atoms with Gasteiger partial charge in [0.05, 0.1) is 0 Å². The highest BCUT2D eigenvalue weighted by atomic mass is 14.5. The summed E-state index contributed by atoms with van der Waals surface area (Å²) in [4.78, 5) is 0. The fourth-order valence-electron chi connectivity index (χ4n) is 0.826. The summed E-state index contributed by atoms with van der Waals surface area (Å²) in [7, 11) is 0. The summed E-state index contributed by atoms with van der Waals surface area (Å²) in [5, 5.41) is 0. The van der Waals surface area contributed by atoms with Crippen LogP contribution in [-0.4, -0.2) is 0 Å². The standard InChI is InChI=1S/C10H17N/c1-7(2)10(5)8(3)6-9(4)11/h6-7H,4-5,11H2,1-3H3. The molecule has 0 bridgehead atoms. The summed E-state index contributed by atoms with van der Waals surface area (Å²) in [5.74, 6) is 0.477. The van der Waals surface area contributed by atoms with Crippen molar-refractivity contribution >= 4 is 0 Å². The molecule has 0 fully saturated rings. The van der Waals surface area contributed by atoms with Crippen molar-refractivity contribution in [3.8, 4) is 0 Å². The van der Waals surface area contributed by atoms with E-state index in [-0.39, 0.29) is 0 Å². The maximum absolute atomic E-state index is 5.42. The van der Waals surface area contributed by atoms with E-state index in [1.54, 1.807) is 0 Å². The molecule has 0 atom stereocenters. The number of hydrogen-bond acceptors (Lipinski definition) is 1. The minimum Gasteiger partial charge on any atom is -0.399 e. The third-order valence-corrected chi connectivity index (χ3v) is 1.61. The molecule has 0 rings (SSSR count). The van der Waals surface area contributed by atoms with Crippen molar-refractivity contribution in [2.45, 2.75) is 20.8 Å². The summed E-state index contributed by atoms with van der Waals surface area (Å²) in [6.07, 6.45) is 1.85. The molecule has 0 saturated carbocycles. The Kier molecular flexibility index (Phi) is 3.66. The van der Waals surface area contributed by atoms with Gasteiger partial charge in [0.2, 0.25) is 0 Å². The number of nitrogens with two attached hydrogens (primary N) is 1. The molecule has 0 aliphatic carbocycles. The summed E-state index contributed by atoms with van der Waals surface area (Å²) in [6.45, 7) is 13.8. The quantitative estimate of drug-likeness (QED) is 0.616. The van der Waals surface area contributed by atoms with Gasteiger partial charge in [0, 0.05) is 5.70 Å². The predicted molar refractivity (Wildman–Crippen MR) is 51.1 cm³/mol. The van der Waals surface area contributed by atoms with Crippen molar-refractivity contribution in [3.05, 3.63) is 36.1 Å². The fraction of sp³-hybridized carbons (Fsp3) is 0.400. The van der Waals surface area contributed by atoms with Gasteiger partial charge < -0.3 is 5.73 Å². The second kappa shape index (κ2) is 4.02. The van der Waals surface area contributed by atoms with Crippen LogP contribution in [0.4, 0.5) is 0 Å². The predicted octanol–water partition coefficient (Wildman–Crippen LogP) is 2.62. The number of rotatable bonds is 3. The molecule has 1 heteroatoms. The third kappa shape index (κ3) is 3.66. The molecule has 0 aromatic heterocycles. The van der Waals surface area contributed by atoms with E-state index in [1.165, 1.54) is 0 Å². The van der Waals surface area contributed by atoms with Crippen LogP contribution in [-0.2, 0) is 0 Å². The second-order valence-electron chi connectivity index (χ2n) is 3.08. The number of hydrogen-bond donors (Lipinski definition) is 1. The minimum atomic E-state index is 0.477. The third-order valence-electron chi connectivity index (χ3n) is 1.61. The first kappa shape index (κ1) is 10.0. The molecule has 62 valence electrons. The Hall–Kier alpha value is -0.980. The van der Waals surface area contributed by atoms with Crippen LogP contribution < -0.4 is 5.73 Å². The summed E-state index contributed by atoms with van der Waals surface area (Å²) >= 11 is 0. The molecule has 0 aromatic carbocycles. The van der Waals surface area contributed by atoms with Crippen LogP contribution in [0.15, 0.2) is 36.1 Å². The van der Waals surface area contributed by atoms with Gasteiger partial charge in [0.25, 0.3) is 0 Å². The molecule has 0 saturated heterocycles. The Morgan fingerprint density at radius 3 is 2.09 bits per heavy atom. The van der Waals surface area contributed by atoms with E-state index < -0.39 is 0 Å². The topological polar surface area (TPSA) is 26.0 Å². The van der Waals surface area contributed by atoms with E-state index in [0.29, 0.717) is 11.6 Å². The van der Waals surface area contributed by atoms with Gasteiger partial charge in [-0.05, 0) is 30.1 Å². The van der Waals surface area contributed by atoms with E-state index in [0.717, 1.165) is 11.1 Å². The minimum absolute atomic E-state index is 0.477. The lowest BCUT2D eigenvalue weighted by molar-refractivity contribution is 0.781. The van der Waals surface area contributed by atoms with Crippen molar-refractivity contribution in [2.75, 3.05) is 0 Å². The highest BCUT2D eigenvalue weighted by molar-refractivity contribution is 5.32. The van der Waals surface area contributed by atoms with Gasteiger partial charge in [-0.1, -0.05) is 27.0 Å². The van der Waals surface area contributed by atoms with E-state index in [4.69, 9.17) is 5.73 Å². The van der Waals surface area contributed by atoms with Crippen molar-refractivity contribution in [2.24, 2.45) is 11.7 Å². The van der Waals surface area contributed by atoms with Crippen LogP contribution in [0.25, 0.3) is 0 Å².